The van der Waals surface area contributed by atoms with E-state index in [1.807, 2.05) is 13.8 Å². The summed E-state index contributed by atoms with van der Waals surface area (Å²) in [5.74, 6) is 0.396. The number of nitrogens with zero attached hydrogens (tertiary/aromatic N) is 2. The van der Waals surface area contributed by atoms with Gasteiger partial charge in [-0.1, -0.05) is 13.8 Å². The fourth-order valence-electron chi connectivity index (χ4n) is 4.83. The monoisotopic (exact) mass is 396 g/mol. The number of aliphatic hydroxyl groups is 1. The maximum atomic E-state index is 11.0. The number of aromatic nitrogens is 2. The number of pyridine rings is 1. The van der Waals surface area contributed by atoms with Gasteiger partial charge in [-0.05, 0) is 49.9 Å². The number of H-pyrrole nitrogens is 1. The highest BCUT2D eigenvalue weighted by molar-refractivity contribution is 7.19. The molecule has 3 aromatic heterocycles. The first kappa shape index (κ1) is 18.3. The number of aryl methyl sites for hydroxylation is 2. The zero-order valence-electron chi connectivity index (χ0n) is 16.9. The smallest absolute Gasteiger partial charge is 0.143 e. The summed E-state index contributed by atoms with van der Waals surface area (Å²) in [5.41, 5.74) is 6.93. The van der Waals surface area contributed by atoms with Crippen molar-refractivity contribution in [2.24, 2.45) is 0 Å². The second kappa shape index (κ2) is 6.66. The molecule has 0 aromatic carbocycles. The fourth-order valence-corrected chi connectivity index (χ4v) is 6.16. The van der Waals surface area contributed by atoms with Crippen LogP contribution in [0.1, 0.15) is 54.2 Å². The lowest BCUT2D eigenvalue weighted by Gasteiger charge is -2.49. The van der Waals surface area contributed by atoms with E-state index in [0.717, 1.165) is 34.9 Å². The summed E-state index contributed by atoms with van der Waals surface area (Å²) >= 11 is 1.73. The molecule has 2 bridgehead atoms. The Morgan fingerprint density at radius 3 is 2.39 bits per heavy atom. The van der Waals surface area contributed by atoms with E-state index in [1.54, 1.807) is 11.3 Å². The van der Waals surface area contributed by atoms with Crippen molar-refractivity contribution in [2.45, 2.75) is 58.3 Å². The number of rotatable bonds is 4. The van der Waals surface area contributed by atoms with Crippen molar-refractivity contribution in [1.82, 2.24) is 20.2 Å². The molecule has 6 heterocycles. The Bertz CT molecular complexity index is 1000. The molecule has 0 spiro atoms. The van der Waals surface area contributed by atoms with E-state index >= 15 is 0 Å². The van der Waals surface area contributed by atoms with E-state index in [9.17, 15) is 5.11 Å². The molecular formula is C22H28N4OS. The summed E-state index contributed by atoms with van der Waals surface area (Å²) in [6, 6.07) is 7.55. The summed E-state index contributed by atoms with van der Waals surface area (Å²) in [6.07, 6.45) is 0.743. The summed E-state index contributed by atoms with van der Waals surface area (Å²) in [5, 5.41) is 14.5. The molecule has 3 aliphatic rings. The molecule has 28 heavy (non-hydrogen) atoms. The molecule has 6 heteroatoms. The molecule has 6 rings (SSSR count). The zero-order valence-corrected chi connectivity index (χ0v) is 17.7. The van der Waals surface area contributed by atoms with Crippen LogP contribution < -0.4 is 5.32 Å². The number of aliphatic hydroxyl groups excluding tert-OH is 1. The van der Waals surface area contributed by atoms with Gasteiger partial charge >= 0.3 is 0 Å². The standard InChI is InChI=1S/C22H28N4OS/c1-11(2)19-20(14-5-12(3)23-13(4)6-14)25-17-8-18(28-21(17)19)22(27)26-9-15-7-16(10-26)24-15/h5-6,8,11,15-16,22,24-25,27H,7,9-10H2,1-4H3. The van der Waals surface area contributed by atoms with Gasteiger partial charge in [-0.2, -0.15) is 0 Å². The van der Waals surface area contributed by atoms with Gasteiger partial charge in [0, 0.05) is 42.1 Å². The van der Waals surface area contributed by atoms with Gasteiger partial charge in [0.1, 0.15) is 6.23 Å². The van der Waals surface area contributed by atoms with Crippen molar-refractivity contribution in [3.8, 4) is 11.3 Å². The summed E-state index contributed by atoms with van der Waals surface area (Å²) in [6.45, 7) is 10.4. The molecule has 3 aromatic rings. The highest BCUT2D eigenvalue weighted by Crippen LogP contribution is 2.42. The van der Waals surface area contributed by atoms with Crippen molar-refractivity contribution in [1.29, 1.82) is 0 Å². The Kier molecular flexibility index (Phi) is 4.36. The number of nitrogens with one attached hydrogen (secondary N) is 2. The quantitative estimate of drug-likeness (QED) is 0.622. The molecule has 3 saturated heterocycles. The number of hydrogen-bond acceptors (Lipinski definition) is 5. The Morgan fingerprint density at radius 1 is 1.14 bits per heavy atom. The van der Waals surface area contributed by atoms with Gasteiger partial charge in [0.25, 0.3) is 0 Å². The minimum atomic E-state index is -0.507. The highest BCUT2D eigenvalue weighted by Gasteiger charge is 2.39. The van der Waals surface area contributed by atoms with Gasteiger partial charge < -0.3 is 15.4 Å². The average Bonchev–Trinajstić information content (AvgIpc) is 3.17. The maximum absolute atomic E-state index is 11.0. The summed E-state index contributed by atoms with van der Waals surface area (Å²) in [7, 11) is 0. The molecule has 3 fully saturated rings. The lowest BCUT2D eigenvalue weighted by molar-refractivity contribution is -0.0526. The molecular weight excluding hydrogens is 368 g/mol. The van der Waals surface area contributed by atoms with Crippen LogP contribution in [-0.4, -0.2) is 45.1 Å². The normalized spacial score (nSPS) is 23.4. The number of aromatic amines is 1. The van der Waals surface area contributed by atoms with E-state index in [4.69, 9.17) is 0 Å². The Labute approximate surface area is 169 Å². The third-order valence-electron chi connectivity index (χ3n) is 6.02. The van der Waals surface area contributed by atoms with Gasteiger partial charge in [-0.3, -0.25) is 9.88 Å². The number of hydrogen-bond donors (Lipinski definition) is 3. The third kappa shape index (κ3) is 2.99. The summed E-state index contributed by atoms with van der Waals surface area (Å²) < 4.78 is 1.27. The minimum Gasteiger partial charge on any atom is -0.373 e. The second-order valence-electron chi connectivity index (χ2n) is 8.72. The molecule has 0 radical (unpaired) electrons. The van der Waals surface area contributed by atoms with Crippen LogP contribution >= 0.6 is 11.3 Å². The van der Waals surface area contributed by atoms with Crippen molar-refractivity contribution in [3.63, 3.8) is 0 Å². The Morgan fingerprint density at radius 2 is 1.79 bits per heavy atom. The maximum Gasteiger partial charge on any atom is 0.143 e. The Balaban J connectivity index is 1.53. The van der Waals surface area contributed by atoms with Crippen LogP contribution in [0, 0.1) is 13.8 Å². The van der Waals surface area contributed by atoms with Gasteiger partial charge in [0.15, 0.2) is 0 Å². The van der Waals surface area contributed by atoms with E-state index in [-0.39, 0.29) is 0 Å². The molecule has 148 valence electrons. The van der Waals surface area contributed by atoms with Gasteiger partial charge in [0.05, 0.1) is 20.8 Å². The highest BCUT2D eigenvalue weighted by atomic mass is 32.1. The molecule has 0 aliphatic carbocycles. The van der Waals surface area contributed by atoms with Crippen molar-refractivity contribution < 1.29 is 5.11 Å². The van der Waals surface area contributed by atoms with Crippen LogP contribution in [0.2, 0.25) is 0 Å². The fraction of sp³-hybridized carbons (Fsp3) is 0.500. The molecule has 3 atom stereocenters. The van der Waals surface area contributed by atoms with Crippen LogP contribution in [0.3, 0.4) is 0 Å². The third-order valence-corrected chi connectivity index (χ3v) is 7.23. The van der Waals surface area contributed by atoms with Crippen LogP contribution in [0.4, 0.5) is 0 Å². The number of fused-ring (bicyclic) bond motifs is 3. The van der Waals surface area contributed by atoms with Gasteiger partial charge in [0.2, 0.25) is 0 Å². The van der Waals surface area contributed by atoms with Gasteiger partial charge in [-0.15, -0.1) is 11.3 Å². The molecule has 3 unspecified atom stereocenters. The van der Waals surface area contributed by atoms with E-state index in [0.29, 0.717) is 18.0 Å². The van der Waals surface area contributed by atoms with Gasteiger partial charge in [-0.25, -0.2) is 0 Å². The van der Waals surface area contributed by atoms with E-state index in [1.165, 1.54) is 27.9 Å². The first-order valence-corrected chi connectivity index (χ1v) is 11.0. The van der Waals surface area contributed by atoms with E-state index in [2.05, 4.69) is 52.2 Å². The molecule has 5 nitrogen and oxygen atoms in total. The topological polar surface area (TPSA) is 64.2 Å². The zero-order chi connectivity index (χ0) is 19.6. The molecule has 0 amide bonds. The predicted octanol–water partition coefficient (Wildman–Crippen LogP) is 4.07. The molecule has 3 N–H and O–H groups in total. The number of piperazine rings is 1. The van der Waals surface area contributed by atoms with Crippen LogP contribution in [0.15, 0.2) is 18.2 Å². The van der Waals surface area contributed by atoms with E-state index < -0.39 is 6.23 Å². The summed E-state index contributed by atoms with van der Waals surface area (Å²) in [4.78, 5) is 11.4. The first-order chi connectivity index (χ1) is 13.4. The van der Waals surface area contributed by atoms with Crippen molar-refractivity contribution in [3.05, 3.63) is 40.0 Å². The lowest BCUT2D eigenvalue weighted by atomic mass is 9.91. The molecule has 0 saturated carbocycles. The van der Waals surface area contributed by atoms with Crippen molar-refractivity contribution >= 4 is 21.6 Å². The first-order valence-electron chi connectivity index (χ1n) is 10.2. The van der Waals surface area contributed by atoms with Crippen molar-refractivity contribution in [2.75, 3.05) is 13.1 Å². The minimum absolute atomic E-state index is 0.396. The number of piperidine rings is 1. The van der Waals surface area contributed by atoms with Crippen LogP contribution in [0.5, 0.6) is 0 Å². The molecule has 3 aliphatic heterocycles. The average molecular weight is 397 g/mol. The lowest BCUT2D eigenvalue weighted by Crippen LogP contribution is -2.67. The van der Waals surface area contributed by atoms with Crippen LogP contribution in [0.25, 0.3) is 21.5 Å². The second-order valence-corrected chi connectivity index (χ2v) is 9.81. The largest absolute Gasteiger partial charge is 0.373 e. The number of thiophene rings is 1. The Hall–Kier alpha value is -1.73. The SMILES string of the molecule is Cc1cc(-c2[nH]c3cc(C(O)N4CC5CC(C4)N5)sc3c2C(C)C)cc(C)n1. The van der Waals surface area contributed by atoms with Crippen LogP contribution in [-0.2, 0) is 0 Å². The predicted molar refractivity (Wildman–Crippen MR) is 115 cm³/mol.